The van der Waals surface area contributed by atoms with Crippen molar-refractivity contribution in [2.45, 2.75) is 32.6 Å². The highest BCUT2D eigenvalue weighted by atomic mass is 32.2. The summed E-state index contributed by atoms with van der Waals surface area (Å²) in [6, 6.07) is 8.89. The minimum Gasteiger partial charge on any atom is -0.494 e. The summed E-state index contributed by atoms with van der Waals surface area (Å²) in [5.74, 6) is 1.03. The molecule has 0 unspecified atom stereocenters. The zero-order valence-corrected chi connectivity index (χ0v) is 12.7. The Morgan fingerprint density at radius 2 is 1.95 bits per heavy atom. The predicted molar refractivity (Wildman–Crippen MR) is 79.4 cm³/mol. The molecule has 0 saturated heterocycles. The van der Waals surface area contributed by atoms with Crippen LogP contribution in [0.15, 0.2) is 24.3 Å². The molecular weight excluding hydrogens is 274 g/mol. The lowest BCUT2D eigenvalue weighted by molar-refractivity contribution is 0.317. The number of unbranched alkanes of at least 4 members (excludes halogenated alkanes) is 2. The van der Waals surface area contributed by atoms with Crippen LogP contribution in [0.1, 0.15) is 38.2 Å². The molecule has 0 aliphatic carbocycles. The van der Waals surface area contributed by atoms with Gasteiger partial charge in [-0.1, -0.05) is 25.8 Å². The molecule has 1 rings (SSSR count). The lowest BCUT2D eigenvalue weighted by Crippen LogP contribution is -2.13. The number of ether oxygens (including phenoxy) is 1. The molecule has 0 radical (unpaired) electrons. The average molecular weight is 295 g/mol. The highest BCUT2D eigenvalue weighted by molar-refractivity contribution is 7.91. The Balaban J connectivity index is 2.29. The van der Waals surface area contributed by atoms with Crippen molar-refractivity contribution in [3.8, 4) is 11.8 Å². The van der Waals surface area contributed by atoms with Gasteiger partial charge < -0.3 is 4.74 Å². The number of rotatable bonds is 9. The van der Waals surface area contributed by atoms with Gasteiger partial charge >= 0.3 is 0 Å². The molecule has 20 heavy (non-hydrogen) atoms. The predicted octanol–water partition coefficient (Wildman–Crippen LogP) is 2.93. The van der Waals surface area contributed by atoms with Crippen molar-refractivity contribution in [3.63, 3.8) is 0 Å². The van der Waals surface area contributed by atoms with Crippen LogP contribution in [0.25, 0.3) is 0 Å². The molecule has 0 bridgehead atoms. The number of sulfone groups is 1. The molecule has 0 heterocycles. The van der Waals surface area contributed by atoms with Crippen molar-refractivity contribution in [2.24, 2.45) is 0 Å². The van der Waals surface area contributed by atoms with Crippen LogP contribution in [0, 0.1) is 11.3 Å². The second kappa shape index (κ2) is 8.60. The Kier molecular flexibility index (Phi) is 7.10. The quantitative estimate of drug-likeness (QED) is 0.657. The van der Waals surface area contributed by atoms with E-state index in [0.717, 1.165) is 19.3 Å². The van der Waals surface area contributed by atoms with Gasteiger partial charge in [-0.15, -0.1) is 0 Å². The molecule has 0 fully saturated rings. The van der Waals surface area contributed by atoms with E-state index >= 15 is 0 Å². The third-order valence-electron chi connectivity index (χ3n) is 2.89. The van der Waals surface area contributed by atoms with Gasteiger partial charge in [-0.2, -0.15) is 5.26 Å². The molecule has 110 valence electrons. The minimum atomic E-state index is -2.95. The number of hydrogen-bond donors (Lipinski definition) is 0. The SMILES string of the molecule is CCCCCS(=O)(=O)CCCOc1cccc(C#N)c1. The van der Waals surface area contributed by atoms with E-state index < -0.39 is 9.84 Å². The molecule has 0 aromatic heterocycles. The topological polar surface area (TPSA) is 67.2 Å². The van der Waals surface area contributed by atoms with Gasteiger partial charge in [0, 0.05) is 0 Å². The minimum absolute atomic E-state index is 0.161. The third kappa shape index (κ3) is 6.58. The van der Waals surface area contributed by atoms with E-state index in [1.54, 1.807) is 24.3 Å². The number of nitriles is 1. The van der Waals surface area contributed by atoms with E-state index in [9.17, 15) is 8.42 Å². The van der Waals surface area contributed by atoms with E-state index in [1.165, 1.54) is 0 Å². The molecule has 0 atom stereocenters. The van der Waals surface area contributed by atoms with E-state index in [2.05, 4.69) is 6.92 Å². The van der Waals surface area contributed by atoms with Gasteiger partial charge in [0.15, 0.2) is 0 Å². The highest BCUT2D eigenvalue weighted by Crippen LogP contribution is 2.13. The van der Waals surface area contributed by atoms with Crippen LogP contribution in [0.2, 0.25) is 0 Å². The monoisotopic (exact) mass is 295 g/mol. The summed E-state index contributed by atoms with van der Waals surface area (Å²) in [7, 11) is -2.95. The second-order valence-corrected chi connectivity index (χ2v) is 7.00. The van der Waals surface area contributed by atoms with Crippen molar-refractivity contribution in [1.82, 2.24) is 0 Å². The molecule has 0 spiro atoms. The Bertz CT molecular complexity index is 546. The van der Waals surface area contributed by atoms with Gasteiger partial charge in [-0.25, -0.2) is 8.42 Å². The van der Waals surface area contributed by atoms with Crippen LogP contribution < -0.4 is 4.74 Å². The molecular formula is C15H21NO3S. The number of benzene rings is 1. The molecule has 0 aliphatic rings. The smallest absolute Gasteiger partial charge is 0.150 e. The Morgan fingerprint density at radius 3 is 2.65 bits per heavy atom. The van der Waals surface area contributed by atoms with E-state index in [1.807, 2.05) is 6.07 Å². The van der Waals surface area contributed by atoms with Crippen molar-refractivity contribution < 1.29 is 13.2 Å². The van der Waals surface area contributed by atoms with Gasteiger partial charge in [-0.05, 0) is 31.0 Å². The lowest BCUT2D eigenvalue weighted by Gasteiger charge is -2.07. The maximum atomic E-state index is 11.7. The maximum Gasteiger partial charge on any atom is 0.150 e. The highest BCUT2D eigenvalue weighted by Gasteiger charge is 2.09. The van der Waals surface area contributed by atoms with Crippen molar-refractivity contribution in [2.75, 3.05) is 18.1 Å². The van der Waals surface area contributed by atoms with Gasteiger partial charge in [0.25, 0.3) is 0 Å². The first-order chi connectivity index (χ1) is 9.57. The molecule has 5 heteroatoms. The normalized spacial score (nSPS) is 11.0. The average Bonchev–Trinajstić information content (AvgIpc) is 2.44. The summed E-state index contributed by atoms with van der Waals surface area (Å²) in [6.45, 7) is 2.40. The zero-order valence-electron chi connectivity index (χ0n) is 11.8. The Morgan fingerprint density at radius 1 is 1.20 bits per heavy atom. The van der Waals surface area contributed by atoms with Crippen LogP contribution >= 0.6 is 0 Å². The first-order valence-electron chi connectivity index (χ1n) is 6.91. The van der Waals surface area contributed by atoms with Crippen LogP contribution in [0.3, 0.4) is 0 Å². The van der Waals surface area contributed by atoms with E-state index in [-0.39, 0.29) is 11.5 Å². The molecule has 0 aliphatic heterocycles. The largest absolute Gasteiger partial charge is 0.494 e. The standard InChI is InChI=1S/C15H21NO3S/c1-2-3-4-10-20(17,18)11-6-9-19-15-8-5-7-14(12-15)13-16/h5,7-8,12H,2-4,6,9-11H2,1H3. The summed E-state index contributed by atoms with van der Waals surface area (Å²) >= 11 is 0. The fraction of sp³-hybridized carbons (Fsp3) is 0.533. The summed E-state index contributed by atoms with van der Waals surface area (Å²) in [5, 5.41) is 8.76. The van der Waals surface area contributed by atoms with Crippen LogP contribution in [-0.2, 0) is 9.84 Å². The van der Waals surface area contributed by atoms with Crippen LogP contribution in [0.5, 0.6) is 5.75 Å². The summed E-state index contributed by atoms with van der Waals surface area (Å²) in [4.78, 5) is 0. The summed E-state index contributed by atoms with van der Waals surface area (Å²) < 4.78 is 28.9. The Hall–Kier alpha value is -1.54. The van der Waals surface area contributed by atoms with Crippen LogP contribution in [0.4, 0.5) is 0 Å². The molecule has 0 saturated carbocycles. The number of nitrogens with zero attached hydrogens (tertiary/aromatic N) is 1. The fourth-order valence-corrected chi connectivity index (χ4v) is 3.20. The van der Waals surface area contributed by atoms with Crippen LogP contribution in [-0.4, -0.2) is 26.5 Å². The third-order valence-corrected chi connectivity index (χ3v) is 4.71. The van der Waals surface area contributed by atoms with Crippen molar-refractivity contribution >= 4 is 9.84 Å². The number of hydrogen-bond acceptors (Lipinski definition) is 4. The van der Waals surface area contributed by atoms with Gasteiger partial charge in [0.1, 0.15) is 15.6 Å². The maximum absolute atomic E-state index is 11.7. The Labute approximate surface area is 121 Å². The molecule has 0 amide bonds. The second-order valence-electron chi connectivity index (χ2n) is 4.70. The van der Waals surface area contributed by atoms with E-state index in [0.29, 0.717) is 24.3 Å². The molecule has 4 nitrogen and oxygen atoms in total. The fourth-order valence-electron chi connectivity index (χ4n) is 1.80. The molecule has 0 N–H and O–H groups in total. The zero-order chi connectivity index (χ0) is 14.8. The van der Waals surface area contributed by atoms with Gasteiger partial charge in [-0.3, -0.25) is 0 Å². The van der Waals surface area contributed by atoms with E-state index in [4.69, 9.17) is 10.00 Å². The lowest BCUT2D eigenvalue weighted by atomic mass is 10.2. The molecule has 1 aromatic carbocycles. The van der Waals surface area contributed by atoms with Gasteiger partial charge in [0.2, 0.25) is 0 Å². The van der Waals surface area contributed by atoms with Crippen molar-refractivity contribution in [1.29, 1.82) is 5.26 Å². The summed E-state index contributed by atoms with van der Waals surface area (Å²) in [6.07, 6.45) is 3.19. The van der Waals surface area contributed by atoms with Gasteiger partial charge in [0.05, 0.1) is 29.7 Å². The first-order valence-corrected chi connectivity index (χ1v) is 8.73. The molecule has 1 aromatic rings. The van der Waals surface area contributed by atoms with Crippen molar-refractivity contribution in [3.05, 3.63) is 29.8 Å². The first kappa shape index (κ1) is 16.5. The summed E-state index contributed by atoms with van der Waals surface area (Å²) in [5.41, 5.74) is 0.537.